The highest BCUT2D eigenvalue weighted by molar-refractivity contribution is 6.24. The molecular formula is C28H26N6O3. The SMILES string of the molecule is Cn1ccnc1-c1ccc(N=C(c2ccc(CCCN)cc2)C2C(=O)Nc3ccc([N+](=O)[O-])cc32)cc1. The molecule has 1 atom stereocenters. The number of imidazole rings is 1. The standard InChI is InChI=1S/C28H26N6O3/c1-33-16-15-30-27(33)20-8-10-21(11-9-20)31-26(19-6-4-18(5-7-19)3-2-14-29)25-23-17-22(34(36)37)12-13-24(23)32-28(25)35/h4-13,15-17,25H,2-3,14,29H2,1H3,(H,32,35). The average molecular weight is 495 g/mol. The lowest BCUT2D eigenvalue weighted by Crippen LogP contribution is -2.22. The summed E-state index contributed by atoms with van der Waals surface area (Å²) in [5.74, 6) is -0.231. The summed E-state index contributed by atoms with van der Waals surface area (Å²) in [6, 6.07) is 19.9. The van der Waals surface area contributed by atoms with E-state index in [1.54, 1.807) is 12.3 Å². The fourth-order valence-electron chi connectivity index (χ4n) is 4.55. The van der Waals surface area contributed by atoms with E-state index in [0.717, 1.165) is 35.4 Å². The number of non-ortho nitro benzene ring substituents is 1. The number of carbonyl (C=O) groups is 1. The minimum atomic E-state index is -0.793. The summed E-state index contributed by atoms with van der Waals surface area (Å²) in [6.45, 7) is 0.612. The Morgan fingerprint density at radius 2 is 1.89 bits per heavy atom. The number of fused-ring (bicyclic) bond motifs is 1. The molecule has 4 aromatic rings. The smallest absolute Gasteiger partial charge is 0.269 e. The Kier molecular flexibility index (Phi) is 6.61. The van der Waals surface area contributed by atoms with Crippen molar-refractivity contribution in [3.05, 3.63) is 106 Å². The number of benzene rings is 3. The third-order valence-electron chi connectivity index (χ3n) is 6.47. The summed E-state index contributed by atoms with van der Waals surface area (Å²) < 4.78 is 1.93. The van der Waals surface area contributed by atoms with E-state index in [2.05, 4.69) is 10.3 Å². The van der Waals surface area contributed by atoms with Crippen molar-refractivity contribution in [2.45, 2.75) is 18.8 Å². The van der Waals surface area contributed by atoms with Gasteiger partial charge in [-0.3, -0.25) is 19.9 Å². The van der Waals surface area contributed by atoms with Gasteiger partial charge in [0.1, 0.15) is 11.7 Å². The summed E-state index contributed by atoms with van der Waals surface area (Å²) in [5, 5.41) is 14.3. The number of hydrogen-bond donors (Lipinski definition) is 2. The number of nitro groups is 1. The number of nitrogens with one attached hydrogen (secondary N) is 1. The van der Waals surface area contributed by atoms with E-state index in [1.165, 1.54) is 12.1 Å². The number of nitro benzene ring substituents is 1. The molecule has 1 aliphatic rings. The zero-order chi connectivity index (χ0) is 25.9. The van der Waals surface area contributed by atoms with Gasteiger partial charge in [-0.2, -0.15) is 0 Å². The Morgan fingerprint density at radius 1 is 1.14 bits per heavy atom. The second kappa shape index (κ2) is 10.2. The van der Waals surface area contributed by atoms with E-state index in [4.69, 9.17) is 10.7 Å². The van der Waals surface area contributed by atoms with Gasteiger partial charge in [0, 0.05) is 48.4 Å². The first-order valence-corrected chi connectivity index (χ1v) is 12.0. The molecule has 0 fully saturated rings. The molecule has 1 aromatic heterocycles. The maximum atomic E-state index is 13.2. The number of amides is 1. The minimum absolute atomic E-state index is 0.0730. The summed E-state index contributed by atoms with van der Waals surface area (Å²) >= 11 is 0. The van der Waals surface area contributed by atoms with Gasteiger partial charge in [0.15, 0.2) is 0 Å². The lowest BCUT2D eigenvalue weighted by atomic mass is 9.89. The topological polar surface area (TPSA) is 128 Å². The van der Waals surface area contributed by atoms with Crippen LogP contribution in [0.5, 0.6) is 0 Å². The Morgan fingerprint density at radius 3 is 2.54 bits per heavy atom. The van der Waals surface area contributed by atoms with Crippen molar-refractivity contribution in [2.24, 2.45) is 17.8 Å². The molecule has 2 heterocycles. The van der Waals surface area contributed by atoms with Crippen LogP contribution in [0.15, 0.2) is 84.1 Å². The molecule has 9 nitrogen and oxygen atoms in total. The van der Waals surface area contributed by atoms with Crippen LogP contribution in [0.4, 0.5) is 17.1 Å². The molecule has 9 heteroatoms. The number of nitrogens with two attached hydrogens (primary N) is 1. The van der Waals surface area contributed by atoms with Crippen LogP contribution in [0.2, 0.25) is 0 Å². The van der Waals surface area contributed by atoms with Crippen molar-refractivity contribution < 1.29 is 9.72 Å². The zero-order valence-corrected chi connectivity index (χ0v) is 20.3. The van der Waals surface area contributed by atoms with Crippen LogP contribution in [0.25, 0.3) is 11.4 Å². The van der Waals surface area contributed by atoms with E-state index in [-0.39, 0.29) is 11.6 Å². The molecule has 5 rings (SSSR count). The van der Waals surface area contributed by atoms with Crippen molar-refractivity contribution in [1.29, 1.82) is 0 Å². The molecule has 186 valence electrons. The largest absolute Gasteiger partial charge is 0.334 e. The average Bonchev–Trinajstić information content (AvgIpc) is 3.48. The molecule has 0 radical (unpaired) electrons. The van der Waals surface area contributed by atoms with Crippen molar-refractivity contribution in [2.75, 3.05) is 11.9 Å². The first-order chi connectivity index (χ1) is 17.9. The molecule has 0 aliphatic carbocycles. The van der Waals surface area contributed by atoms with Crippen LogP contribution >= 0.6 is 0 Å². The Bertz CT molecular complexity index is 1490. The van der Waals surface area contributed by atoms with Gasteiger partial charge in [-0.25, -0.2) is 4.98 Å². The fraction of sp³-hybridized carbons (Fsp3) is 0.179. The molecule has 37 heavy (non-hydrogen) atoms. The lowest BCUT2D eigenvalue weighted by molar-refractivity contribution is -0.384. The van der Waals surface area contributed by atoms with Gasteiger partial charge in [-0.15, -0.1) is 0 Å². The summed E-state index contributed by atoms with van der Waals surface area (Å²) in [7, 11) is 1.93. The molecule has 0 saturated carbocycles. The highest BCUT2D eigenvalue weighted by Gasteiger charge is 2.36. The first-order valence-electron chi connectivity index (χ1n) is 12.0. The molecule has 0 saturated heterocycles. The summed E-state index contributed by atoms with van der Waals surface area (Å²) in [5.41, 5.74) is 10.7. The molecule has 0 bridgehead atoms. The number of aromatic nitrogens is 2. The van der Waals surface area contributed by atoms with E-state index in [0.29, 0.717) is 29.2 Å². The van der Waals surface area contributed by atoms with Gasteiger partial charge in [-0.1, -0.05) is 24.3 Å². The van der Waals surface area contributed by atoms with E-state index in [9.17, 15) is 14.9 Å². The molecule has 1 aliphatic heterocycles. The lowest BCUT2D eigenvalue weighted by Gasteiger charge is -2.15. The molecule has 1 amide bonds. The summed E-state index contributed by atoms with van der Waals surface area (Å²) in [4.78, 5) is 33.5. The van der Waals surface area contributed by atoms with Gasteiger partial charge >= 0.3 is 0 Å². The Balaban J connectivity index is 1.58. The van der Waals surface area contributed by atoms with Gasteiger partial charge in [-0.05, 0) is 60.8 Å². The number of aliphatic imine (C=N–C) groups is 1. The monoisotopic (exact) mass is 494 g/mol. The van der Waals surface area contributed by atoms with Crippen LogP contribution in [0.1, 0.15) is 29.0 Å². The maximum absolute atomic E-state index is 13.2. The number of anilines is 1. The van der Waals surface area contributed by atoms with Gasteiger partial charge in [0.25, 0.3) is 5.69 Å². The van der Waals surface area contributed by atoms with Crippen LogP contribution in [0.3, 0.4) is 0 Å². The molecule has 3 aromatic carbocycles. The maximum Gasteiger partial charge on any atom is 0.269 e. The highest BCUT2D eigenvalue weighted by atomic mass is 16.6. The summed E-state index contributed by atoms with van der Waals surface area (Å²) in [6.07, 6.45) is 5.36. The third-order valence-corrected chi connectivity index (χ3v) is 6.47. The molecule has 1 unspecified atom stereocenters. The van der Waals surface area contributed by atoms with Gasteiger partial charge in [0.05, 0.1) is 16.3 Å². The molecule has 0 spiro atoms. The van der Waals surface area contributed by atoms with Crippen molar-refractivity contribution >= 4 is 28.7 Å². The fourth-order valence-corrected chi connectivity index (χ4v) is 4.55. The van der Waals surface area contributed by atoms with Gasteiger partial charge in [0.2, 0.25) is 5.91 Å². The van der Waals surface area contributed by atoms with Crippen LogP contribution < -0.4 is 11.1 Å². The number of aryl methyl sites for hydroxylation is 2. The van der Waals surface area contributed by atoms with Crippen molar-refractivity contribution in [3.63, 3.8) is 0 Å². The third kappa shape index (κ3) is 4.89. The normalized spacial score (nSPS) is 14.9. The van der Waals surface area contributed by atoms with Crippen LogP contribution in [0, 0.1) is 10.1 Å². The first kappa shape index (κ1) is 24.1. The quantitative estimate of drug-likeness (QED) is 0.208. The second-order valence-corrected chi connectivity index (χ2v) is 8.95. The molecule has 3 N–H and O–H groups in total. The zero-order valence-electron chi connectivity index (χ0n) is 20.3. The molecular weight excluding hydrogens is 468 g/mol. The number of rotatable bonds is 8. The Hall–Kier alpha value is -4.63. The van der Waals surface area contributed by atoms with Crippen molar-refractivity contribution in [1.82, 2.24) is 9.55 Å². The Labute approximate surface area is 213 Å². The number of carbonyl (C=O) groups excluding carboxylic acids is 1. The minimum Gasteiger partial charge on any atom is -0.334 e. The predicted octanol–water partition coefficient (Wildman–Crippen LogP) is 4.74. The van der Waals surface area contributed by atoms with Crippen molar-refractivity contribution in [3.8, 4) is 11.4 Å². The van der Waals surface area contributed by atoms with E-state index >= 15 is 0 Å². The number of hydrogen-bond acceptors (Lipinski definition) is 6. The number of nitrogens with zero attached hydrogens (tertiary/aromatic N) is 4. The van der Waals surface area contributed by atoms with Gasteiger partial charge < -0.3 is 15.6 Å². The highest BCUT2D eigenvalue weighted by Crippen LogP contribution is 2.38. The second-order valence-electron chi connectivity index (χ2n) is 8.95. The van der Waals surface area contributed by atoms with E-state index < -0.39 is 10.8 Å². The predicted molar refractivity (Wildman–Crippen MR) is 143 cm³/mol. The van der Waals surface area contributed by atoms with E-state index in [1.807, 2.05) is 66.3 Å². The van der Waals surface area contributed by atoms with Crippen LogP contribution in [-0.2, 0) is 18.3 Å². The van der Waals surface area contributed by atoms with Crippen LogP contribution in [-0.4, -0.2) is 32.6 Å².